The Kier molecular flexibility index (Phi) is 15.8. The van der Waals surface area contributed by atoms with Crippen LogP contribution in [0, 0.1) is 10.1 Å². The number of aromatic hydroxyl groups is 1. The number of non-ortho nitro benzene ring substituents is 1. The van der Waals surface area contributed by atoms with Crippen LogP contribution in [0.3, 0.4) is 0 Å². The molecular formula is C39H46F8N3O9P. The number of nitro groups is 1. The number of amides is 2. The van der Waals surface area contributed by atoms with Crippen LogP contribution in [-0.2, 0) is 24.9 Å². The summed E-state index contributed by atoms with van der Waals surface area (Å²) in [5.74, 6) is -25.7. The minimum atomic E-state index is -6.92. The fraction of sp³-hybridized carbons (Fsp3) is 0.487. The summed E-state index contributed by atoms with van der Waals surface area (Å²) in [7, 11) is -2.68. The molecule has 0 fully saturated rings. The predicted molar refractivity (Wildman–Crippen MR) is 207 cm³/mol. The lowest BCUT2D eigenvalue weighted by molar-refractivity contribution is -0.384. The molecule has 12 nitrogen and oxygen atoms in total. The highest BCUT2D eigenvalue weighted by Crippen LogP contribution is 2.50. The van der Waals surface area contributed by atoms with Gasteiger partial charge in [-0.25, -0.2) is 8.78 Å². The molecule has 0 heterocycles. The molecule has 332 valence electrons. The molecule has 0 saturated carbocycles. The van der Waals surface area contributed by atoms with E-state index in [1.807, 2.05) is 39.8 Å². The Bertz CT molecular complexity index is 2000. The van der Waals surface area contributed by atoms with Crippen LogP contribution in [0.25, 0.3) is 0 Å². The lowest BCUT2D eigenvalue weighted by Crippen LogP contribution is -2.61. The zero-order valence-electron chi connectivity index (χ0n) is 33.8. The number of phenols is 1. The molecule has 21 heteroatoms. The van der Waals surface area contributed by atoms with Gasteiger partial charge < -0.3 is 29.5 Å². The summed E-state index contributed by atoms with van der Waals surface area (Å²) in [6.45, 7) is 15.2. The van der Waals surface area contributed by atoms with Gasteiger partial charge in [-0.1, -0.05) is 60.6 Å². The average Bonchev–Trinajstić information content (AvgIpc) is 3.18. The van der Waals surface area contributed by atoms with Crippen molar-refractivity contribution in [3.63, 3.8) is 0 Å². The molecule has 2 amide bonds. The van der Waals surface area contributed by atoms with Crippen molar-refractivity contribution in [2.75, 3.05) is 17.2 Å². The van der Waals surface area contributed by atoms with E-state index in [4.69, 9.17) is 18.3 Å². The molecule has 3 rings (SSSR count). The van der Waals surface area contributed by atoms with E-state index in [-0.39, 0.29) is 29.9 Å². The van der Waals surface area contributed by atoms with Gasteiger partial charge in [0.1, 0.15) is 17.2 Å². The number of anilines is 2. The van der Waals surface area contributed by atoms with E-state index in [0.29, 0.717) is 24.3 Å². The average molecular weight is 884 g/mol. The second-order valence-electron chi connectivity index (χ2n) is 14.7. The van der Waals surface area contributed by atoms with Crippen LogP contribution >= 0.6 is 8.60 Å². The van der Waals surface area contributed by atoms with Crippen molar-refractivity contribution >= 4 is 37.5 Å². The van der Waals surface area contributed by atoms with Crippen LogP contribution in [-0.4, -0.2) is 58.7 Å². The fourth-order valence-corrected chi connectivity index (χ4v) is 6.13. The third kappa shape index (κ3) is 10.8. The summed E-state index contributed by atoms with van der Waals surface area (Å²) in [4.78, 5) is 36.7. The molecule has 60 heavy (non-hydrogen) atoms. The maximum atomic E-state index is 14.5. The Balaban J connectivity index is 2.10. The number of carbonyl (C=O) groups is 2. The highest BCUT2D eigenvalue weighted by atomic mass is 31.2. The summed E-state index contributed by atoms with van der Waals surface area (Å²) in [5, 5.41) is 25.4. The van der Waals surface area contributed by atoms with Gasteiger partial charge in [-0.2, -0.15) is 26.3 Å². The molecule has 2 unspecified atom stereocenters. The van der Waals surface area contributed by atoms with E-state index in [2.05, 4.69) is 19.2 Å². The third-order valence-corrected chi connectivity index (χ3v) is 11.0. The van der Waals surface area contributed by atoms with Gasteiger partial charge in [0.15, 0.2) is 11.9 Å². The van der Waals surface area contributed by atoms with Gasteiger partial charge in [-0.05, 0) is 60.8 Å². The van der Waals surface area contributed by atoms with Crippen molar-refractivity contribution in [3.05, 3.63) is 75.8 Å². The Hall–Kier alpha value is -4.97. The Labute approximate surface area is 342 Å². The van der Waals surface area contributed by atoms with E-state index in [0.717, 1.165) is 47.1 Å². The summed E-state index contributed by atoms with van der Waals surface area (Å²) >= 11 is 0. The molecule has 0 saturated heterocycles. The molecular weight excluding hydrogens is 837 g/mol. The van der Waals surface area contributed by atoms with Crippen molar-refractivity contribution < 1.29 is 73.1 Å². The number of ether oxygens (including phenoxy) is 1. The van der Waals surface area contributed by atoms with Crippen molar-refractivity contribution in [1.29, 1.82) is 0 Å². The molecule has 0 aliphatic carbocycles. The highest BCUT2D eigenvalue weighted by Gasteiger charge is 2.78. The van der Waals surface area contributed by atoms with Crippen LogP contribution in [0.4, 0.5) is 52.2 Å². The van der Waals surface area contributed by atoms with Crippen molar-refractivity contribution in [1.82, 2.24) is 0 Å². The lowest BCUT2D eigenvalue weighted by Gasteiger charge is -2.31. The van der Waals surface area contributed by atoms with E-state index >= 15 is 0 Å². The van der Waals surface area contributed by atoms with E-state index in [1.165, 1.54) is 6.92 Å². The highest BCUT2D eigenvalue weighted by molar-refractivity contribution is 7.42. The summed E-state index contributed by atoms with van der Waals surface area (Å²) < 4.78 is 133. The van der Waals surface area contributed by atoms with E-state index in [1.54, 1.807) is 13.0 Å². The van der Waals surface area contributed by atoms with Gasteiger partial charge in [0.05, 0.1) is 22.9 Å². The van der Waals surface area contributed by atoms with E-state index in [9.17, 15) is 59.9 Å². The summed E-state index contributed by atoms with van der Waals surface area (Å²) in [6.07, 6.45) is -4.99. The van der Waals surface area contributed by atoms with Crippen LogP contribution in [0.1, 0.15) is 85.8 Å². The maximum Gasteiger partial charge on any atom is 0.463 e. The van der Waals surface area contributed by atoms with Gasteiger partial charge in [0.2, 0.25) is 0 Å². The molecule has 3 aromatic carbocycles. The van der Waals surface area contributed by atoms with Gasteiger partial charge in [0, 0.05) is 29.8 Å². The van der Waals surface area contributed by atoms with Crippen LogP contribution < -0.4 is 24.4 Å². The number of phenolic OH excluding ortho intramolecular Hbond substituents is 1. The normalized spacial score (nSPS) is 13.7. The van der Waals surface area contributed by atoms with Crippen molar-refractivity contribution in [2.45, 2.75) is 116 Å². The largest absolute Gasteiger partial charge is 0.506 e. The SMILES string of the molecule is CCOP(Oc1ccc([N+](=O)[O-])cc1)Oc1cc(NC(=O)C(F)(F)C(F)(F)C(F)(F)C(F)F)c(O)cc1NC(=O)C(CC)Oc1ccc(C(C)(C)CC)cc1C(C)(C)CC. The summed E-state index contributed by atoms with van der Waals surface area (Å²) in [5.41, 5.74) is -0.783. The lowest BCUT2D eigenvalue weighted by atomic mass is 9.76. The van der Waals surface area contributed by atoms with Crippen molar-refractivity contribution in [2.24, 2.45) is 0 Å². The van der Waals surface area contributed by atoms with Gasteiger partial charge in [0.25, 0.3) is 11.6 Å². The number of nitrogens with one attached hydrogen (secondary N) is 2. The third-order valence-electron chi connectivity index (χ3n) is 9.80. The second kappa shape index (κ2) is 19.2. The zero-order valence-corrected chi connectivity index (χ0v) is 34.7. The quantitative estimate of drug-likeness (QED) is 0.0311. The first kappa shape index (κ1) is 49.4. The number of rotatable bonds is 21. The second-order valence-corrected chi connectivity index (χ2v) is 15.7. The van der Waals surface area contributed by atoms with Crippen molar-refractivity contribution in [3.8, 4) is 23.0 Å². The Morgan fingerprint density at radius 3 is 1.93 bits per heavy atom. The first-order valence-corrected chi connectivity index (χ1v) is 19.6. The number of hydrogen-bond acceptors (Lipinski definition) is 9. The molecule has 0 aromatic heterocycles. The molecule has 0 spiro atoms. The Morgan fingerprint density at radius 1 is 0.817 bits per heavy atom. The van der Waals surface area contributed by atoms with Crippen LogP contribution in [0.15, 0.2) is 54.6 Å². The van der Waals surface area contributed by atoms with Crippen LogP contribution in [0.5, 0.6) is 23.0 Å². The molecule has 2 atom stereocenters. The van der Waals surface area contributed by atoms with Gasteiger partial charge >= 0.3 is 38.7 Å². The number of hydrogen-bond donors (Lipinski definition) is 3. The molecule has 0 bridgehead atoms. The fourth-order valence-electron chi connectivity index (χ4n) is 5.17. The molecule has 0 radical (unpaired) electrons. The molecule has 3 N–H and O–H groups in total. The van der Waals surface area contributed by atoms with Crippen LogP contribution in [0.2, 0.25) is 0 Å². The standard InChI is InChI=1S/C39H46F8N3O9P/c1-9-29(57-30-18-13-22(35(5,6)10-2)19-25(30)36(7,8)11-3)32(52)48-27-20-28(51)26(49-34(53)38(44,45)39(46,47)37(42,43)33(40)41)21-31(27)59-60(56-12-4)58-24-16-14-23(15-17-24)50(54)55/h13-21,29,33,51H,9-12H2,1-8H3,(H,48,52)(H,49,53). The van der Waals surface area contributed by atoms with E-state index < -0.39 is 83.9 Å². The minimum Gasteiger partial charge on any atom is -0.506 e. The number of nitro benzene ring substituents is 1. The molecule has 0 aliphatic rings. The predicted octanol–water partition coefficient (Wildman–Crippen LogP) is 11.3. The topological polar surface area (TPSA) is 158 Å². The first-order valence-electron chi connectivity index (χ1n) is 18.5. The van der Waals surface area contributed by atoms with Gasteiger partial charge in [-0.15, -0.1) is 0 Å². The first-order chi connectivity index (χ1) is 27.7. The maximum absolute atomic E-state index is 14.5. The molecule has 3 aromatic rings. The number of alkyl halides is 8. The minimum absolute atomic E-state index is 0.0534. The summed E-state index contributed by atoms with van der Waals surface area (Å²) in [6, 6.07) is 11.2. The smallest absolute Gasteiger partial charge is 0.463 e. The Morgan fingerprint density at radius 2 is 1.42 bits per heavy atom. The van der Waals surface area contributed by atoms with Gasteiger partial charge in [-0.3, -0.25) is 24.2 Å². The zero-order chi connectivity index (χ0) is 45.6. The molecule has 0 aliphatic heterocycles. The number of nitrogens with zero attached hydrogens (tertiary/aromatic N) is 1. The monoisotopic (exact) mass is 883 g/mol. The number of benzene rings is 3. The number of halogens is 8. The number of carbonyl (C=O) groups excluding carboxylic acids is 2.